The standard InChI is InChI=1S/C31H31BrN6O/c32-27-11-5-4-10-26(27)31-35-34-29-15-12-24-21-25(13-14-28(24)38(29)31)33-30(39)22-37-19-17-36(18-20-37)16-6-9-23-7-2-1-3-8-23/h1-11,13-14,21H,12,15-20,22H2,(H,33,39)/b9-6+. The molecule has 0 saturated carbocycles. The van der Waals surface area contributed by atoms with Crippen molar-refractivity contribution in [1.82, 2.24) is 24.6 Å². The highest BCUT2D eigenvalue weighted by Gasteiger charge is 2.24. The molecule has 0 radical (unpaired) electrons. The van der Waals surface area contributed by atoms with E-state index in [0.29, 0.717) is 6.54 Å². The predicted molar refractivity (Wildman–Crippen MR) is 159 cm³/mol. The van der Waals surface area contributed by atoms with Crippen molar-refractivity contribution in [3.63, 3.8) is 0 Å². The number of rotatable bonds is 7. The number of amides is 1. The molecule has 1 saturated heterocycles. The predicted octanol–water partition coefficient (Wildman–Crippen LogP) is 5.06. The summed E-state index contributed by atoms with van der Waals surface area (Å²) in [4.78, 5) is 17.5. The molecule has 0 spiro atoms. The Morgan fingerprint density at radius 3 is 2.49 bits per heavy atom. The lowest BCUT2D eigenvalue weighted by Crippen LogP contribution is -2.48. The Balaban J connectivity index is 1.05. The van der Waals surface area contributed by atoms with E-state index in [2.05, 4.69) is 94.4 Å². The number of carbonyl (C=O) groups is 1. The smallest absolute Gasteiger partial charge is 0.238 e. The molecular formula is C31H31BrN6O. The summed E-state index contributed by atoms with van der Waals surface area (Å²) in [5.74, 6) is 1.81. The fraction of sp³-hybridized carbons (Fsp3) is 0.258. The van der Waals surface area contributed by atoms with Crippen LogP contribution >= 0.6 is 15.9 Å². The topological polar surface area (TPSA) is 66.3 Å². The van der Waals surface area contributed by atoms with Crippen LogP contribution in [0.5, 0.6) is 0 Å². The molecule has 198 valence electrons. The number of nitrogens with one attached hydrogen (secondary N) is 1. The minimum atomic E-state index is 0.0297. The van der Waals surface area contributed by atoms with Crippen molar-refractivity contribution >= 4 is 33.6 Å². The SMILES string of the molecule is O=C(CN1CCN(C/C=C/c2ccccc2)CC1)Nc1ccc2c(c1)CCc1nnc(-c3ccccc3Br)n1-2. The summed E-state index contributed by atoms with van der Waals surface area (Å²) in [6, 6.07) is 24.6. The van der Waals surface area contributed by atoms with Crippen LogP contribution in [0.1, 0.15) is 17.0 Å². The van der Waals surface area contributed by atoms with Gasteiger partial charge in [0.1, 0.15) is 5.82 Å². The Kier molecular flexibility index (Phi) is 7.67. The molecule has 1 amide bonds. The summed E-state index contributed by atoms with van der Waals surface area (Å²) in [6.45, 7) is 5.06. The molecule has 39 heavy (non-hydrogen) atoms. The fourth-order valence-electron chi connectivity index (χ4n) is 5.31. The minimum Gasteiger partial charge on any atom is -0.325 e. The Morgan fingerprint density at radius 1 is 0.897 bits per heavy atom. The highest BCUT2D eigenvalue weighted by molar-refractivity contribution is 9.10. The van der Waals surface area contributed by atoms with Gasteiger partial charge in [0.25, 0.3) is 0 Å². The van der Waals surface area contributed by atoms with Gasteiger partial charge in [-0.2, -0.15) is 0 Å². The maximum Gasteiger partial charge on any atom is 0.238 e. The summed E-state index contributed by atoms with van der Waals surface area (Å²) in [5, 5.41) is 12.1. The van der Waals surface area contributed by atoms with Gasteiger partial charge in [-0.3, -0.25) is 19.2 Å². The average molecular weight is 584 g/mol. The second kappa shape index (κ2) is 11.7. The largest absolute Gasteiger partial charge is 0.325 e. The number of nitrogens with zero attached hydrogens (tertiary/aromatic N) is 5. The zero-order valence-corrected chi connectivity index (χ0v) is 23.3. The fourth-order valence-corrected chi connectivity index (χ4v) is 5.77. The van der Waals surface area contributed by atoms with Gasteiger partial charge in [-0.05, 0) is 41.8 Å². The van der Waals surface area contributed by atoms with Crippen LogP contribution in [0.15, 0.2) is 83.3 Å². The maximum atomic E-state index is 12.9. The third-order valence-corrected chi connectivity index (χ3v) is 8.06. The summed E-state index contributed by atoms with van der Waals surface area (Å²) in [6.07, 6.45) is 6.07. The van der Waals surface area contributed by atoms with Crippen LogP contribution in [0.4, 0.5) is 5.69 Å². The minimum absolute atomic E-state index is 0.0297. The number of carbonyl (C=O) groups excluding carboxylic acids is 1. The zero-order chi connectivity index (χ0) is 26.6. The molecule has 8 heteroatoms. The van der Waals surface area contributed by atoms with Crippen molar-refractivity contribution in [2.45, 2.75) is 12.8 Å². The van der Waals surface area contributed by atoms with E-state index in [-0.39, 0.29) is 5.91 Å². The maximum absolute atomic E-state index is 12.9. The van der Waals surface area contributed by atoms with Gasteiger partial charge in [0.2, 0.25) is 5.91 Å². The molecule has 2 aliphatic rings. The van der Waals surface area contributed by atoms with Crippen molar-refractivity contribution in [3.05, 3.63) is 100 Å². The highest BCUT2D eigenvalue weighted by atomic mass is 79.9. The Morgan fingerprint density at radius 2 is 1.67 bits per heavy atom. The van der Waals surface area contributed by atoms with E-state index >= 15 is 0 Å². The van der Waals surface area contributed by atoms with Gasteiger partial charge in [0.15, 0.2) is 5.82 Å². The Labute approximate surface area is 237 Å². The van der Waals surface area contributed by atoms with E-state index in [1.54, 1.807) is 0 Å². The van der Waals surface area contributed by atoms with Gasteiger partial charge in [-0.15, -0.1) is 10.2 Å². The molecule has 1 fully saturated rings. The lowest BCUT2D eigenvalue weighted by atomic mass is 10.0. The van der Waals surface area contributed by atoms with Gasteiger partial charge in [-0.1, -0.05) is 76.6 Å². The van der Waals surface area contributed by atoms with E-state index in [1.807, 2.05) is 36.4 Å². The van der Waals surface area contributed by atoms with Crippen molar-refractivity contribution < 1.29 is 4.79 Å². The van der Waals surface area contributed by atoms with E-state index < -0.39 is 0 Å². The molecule has 3 heterocycles. The van der Waals surface area contributed by atoms with Gasteiger partial charge in [0, 0.05) is 54.9 Å². The lowest BCUT2D eigenvalue weighted by Gasteiger charge is -2.33. The number of halogens is 1. The number of aryl methyl sites for hydroxylation is 2. The number of aromatic nitrogens is 3. The second-order valence-corrected chi connectivity index (χ2v) is 10.9. The average Bonchev–Trinajstić information content (AvgIpc) is 3.39. The van der Waals surface area contributed by atoms with E-state index in [9.17, 15) is 4.79 Å². The van der Waals surface area contributed by atoms with Crippen LogP contribution in [0.3, 0.4) is 0 Å². The van der Waals surface area contributed by atoms with Gasteiger partial charge in [-0.25, -0.2) is 0 Å². The number of hydrogen-bond acceptors (Lipinski definition) is 5. The summed E-state index contributed by atoms with van der Waals surface area (Å²) >= 11 is 3.65. The molecule has 3 aromatic carbocycles. The van der Waals surface area contributed by atoms with Gasteiger partial charge in [0.05, 0.1) is 12.2 Å². The first-order valence-corrected chi connectivity index (χ1v) is 14.2. The van der Waals surface area contributed by atoms with E-state index in [0.717, 1.165) is 78.6 Å². The van der Waals surface area contributed by atoms with Crippen molar-refractivity contribution in [3.8, 4) is 17.1 Å². The first-order valence-electron chi connectivity index (χ1n) is 13.4. The van der Waals surface area contributed by atoms with Crippen molar-refractivity contribution in [1.29, 1.82) is 0 Å². The quantitative estimate of drug-likeness (QED) is 0.330. The number of benzene rings is 3. The van der Waals surface area contributed by atoms with E-state index in [1.165, 1.54) is 11.1 Å². The first kappa shape index (κ1) is 25.7. The molecule has 1 aromatic heterocycles. The van der Waals surface area contributed by atoms with Crippen LogP contribution in [0.25, 0.3) is 23.2 Å². The van der Waals surface area contributed by atoms with Crippen molar-refractivity contribution in [2.24, 2.45) is 0 Å². The molecule has 0 bridgehead atoms. The van der Waals surface area contributed by atoms with Crippen LogP contribution in [0.2, 0.25) is 0 Å². The van der Waals surface area contributed by atoms with Gasteiger partial charge >= 0.3 is 0 Å². The lowest BCUT2D eigenvalue weighted by molar-refractivity contribution is -0.117. The number of hydrogen-bond donors (Lipinski definition) is 1. The second-order valence-electron chi connectivity index (χ2n) is 10.0. The molecule has 0 atom stereocenters. The number of fused-ring (bicyclic) bond motifs is 3. The van der Waals surface area contributed by atoms with Crippen LogP contribution < -0.4 is 5.32 Å². The highest BCUT2D eigenvalue weighted by Crippen LogP contribution is 2.34. The number of anilines is 1. The third-order valence-electron chi connectivity index (χ3n) is 7.37. The van der Waals surface area contributed by atoms with Crippen LogP contribution in [-0.4, -0.2) is 69.7 Å². The monoisotopic (exact) mass is 582 g/mol. The molecule has 0 unspecified atom stereocenters. The van der Waals surface area contributed by atoms with Crippen LogP contribution in [-0.2, 0) is 17.6 Å². The summed E-state index contributed by atoms with van der Waals surface area (Å²) < 4.78 is 3.12. The number of piperazine rings is 1. The normalized spacial score (nSPS) is 15.7. The summed E-state index contributed by atoms with van der Waals surface area (Å²) in [7, 11) is 0. The molecular weight excluding hydrogens is 552 g/mol. The Hall–Kier alpha value is -3.59. The third kappa shape index (κ3) is 5.88. The van der Waals surface area contributed by atoms with Gasteiger partial charge < -0.3 is 5.32 Å². The molecule has 1 N–H and O–H groups in total. The molecule has 0 aliphatic carbocycles. The molecule has 6 rings (SSSR count). The summed E-state index contributed by atoms with van der Waals surface area (Å²) in [5.41, 5.74) is 5.33. The first-order chi connectivity index (χ1) is 19.1. The van der Waals surface area contributed by atoms with Crippen LogP contribution in [0, 0.1) is 0 Å². The molecule has 2 aliphatic heterocycles. The van der Waals surface area contributed by atoms with Crippen molar-refractivity contribution in [2.75, 3.05) is 44.6 Å². The molecule has 7 nitrogen and oxygen atoms in total. The zero-order valence-electron chi connectivity index (χ0n) is 21.8. The van der Waals surface area contributed by atoms with E-state index in [4.69, 9.17) is 0 Å². The molecule has 4 aromatic rings. The Bertz CT molecular complexity index is 1490.